The fourth-order valence-electron chi connectivity index (χ4n) is 2.04. The third-order valence-electron chi connectivity index (χ3n) is 3.38. The van der Waals surface area contributed by atoms with Crippen molar-refractivity contribution in [1.29, 1.82) is 0 Å². The molecular formula is C16H26N2O. The SMILES string of the molecule is CC(C)CCN(C)C(=O)C(CN)Cc1ccccc1. The van der Waals surface area contributed by atoms with Gasteiger partial charge in [-0.15, -0.1) is 0 Å². The number of nitrogens with zero attached hydrogens (tertiary/aromatic N) is 1. The van der Waals surface area contributed by atoms with Crippen molar-refractivity contribution in [3.63, 3.8) is 0 Å². The topological polar surface area (TPSA) is 46.3 Å². The predicted molar refractivity (Wildman–Crippen MR) is 79.8 cm³/mol. The van der Waals surface area contributed by atoms with Gasteiger partial charge in [0.15, 0.2) is 0 Å². The maximum atomic E-state index is 12.3. The van der Waals surface area contributed by atoms with E-state index in [4.69, 9.17) is 5.73 Å². The largest absolute Gasteiger partial charge is 0.345 e. The third-order valence-corrected chi connectivity index (χ3v) is 3.38. The van der Waals surface area contributed by atoms with E-state index in [1.165, 1.54) is 5.56 Å². The van der Waals surface area contributed by atoms with Gasteiger partial charge in [0.2, 0.25) is 5.91 Å². The summed E-state index contributed by atoms with van der Waals surface area (Å²) in [5.41, 5.74) is 6.94. The average Bonchev–Trinajstić information content (AvgIpc) is 2.42. The molecule has 0 spiro atoms. The Morgan fingerprint density at radius 2 is 1.89 bits per heavy atom. The van der Waals surface area contributed by atoms with E-state index in [0.717, 1.165) is 19.4 Å². The van der Waals surface area contributed by atoms with Crippen molar-refractivity contribution in [1.82, 2.24) is 4.90 Å². The number of nitrogens with two attached hydrogens (primary N) is 1. The first-order valence-corrected chi connectivity index (χ1v) is 7.03. The van der Waals surface area contributed by atoms with Crippen LogP contribution in [0.4, 0.5) is 0 Å². The Morgan fingerprint density at radius 3 is 2.42 bits per heavy atom. The van der Waals surface area contributed by atoms with Crippen LogP contribution in [0.25, 0.3) is 0 Å². The maximum Gasteiger partial charge on any atom is 0.227 e. The minimum atomic E-state index is -0.112. The van der Waals surface area contributed by atoms with Crippen LogP contribution in [0.3, 0.4) is 0 Å². The van der Waals surface area contributed by atoms with Gasteiger partial charge in [0.1, 0.15) is 0 Å². The van der Waals surface area contributed by atoms with Crippen molar-refractivity contribution in [3.8, 4) is 0 Å². The van der Waals surface area contributed by atoms with Crippen LogP contribution in [0, 0.1) is 11.8 Å². The van der Waals surface area contributed by atoms with Crippen LogP contribution >= 0.6 is 0 Å². The lowest BCUT2D eigenvalue weighted by Gasteiger charge is -2.23. The zero-order valence-corrected chi connectivity index (χ0v) is 12.3. The molecule has 3 heteroatoms. The number of benzene rings is 1. The summed E-state index contributed by atoms with van der Waals surface area (Å²) in [6.45, 7) is 5.55. The van der Waals surface area contributed by atoms with Crippen LogP contribution in [-0.2, 0) is 11.2 Å². The first-order chi connectivity index (χ1) is 9.04. The van der Waals surface area contributed by atoms with Crippen LogP contribution in [0.2, 0.25) is 0 Å². The number of carbonyl (C=O) groups excluding carboxylic acids is 1. The predicted octanol–water partition coefficient (Wildman–Crippen LogP) is 2.31. The molecule has 0 bridgehead atoms. The van der Waals surface area contributed by atoms with Crippen molar-refractivity contribution >= 4 is 5.91 Å². The van der Waals surface area contributed by atoms with Crippen molar-refractivity contribution in [2.75, 3.05) is 20.1 Å². The van der Waals surface area contributed by atoms with Crippen LogP contribution < -0.4 is 5.73 Å². The number of hydrogen-bond donors (Lipinski definition) is 1. The zero-order valence-electron chi connectivity index (χ0n) is 12.3. The number of rotatable bonds is 7. The van der Waals surface area contributed by atoms with E-state index in [2.05, 4.69) is 13.8 Å². The highest BCUT2D eigenvalue weighted by molar-refractivity contribution is 5.79. The summed E-state index contributed by atoms with van der Waals surface area (Å²) >= 11 is 0. The summed E-state index contributed by atoms with van der Waals surface area (Å²) in [5.74, 6) is 0.660. The molecule has 1 rings (SSSR count). The first kappa shape index (κ1) is 15.7. The molecule has 0 aliphatic carbocycles. The molecule has 2 N–H and O–H groups in total. The van der Waals surface area contributed by atoms with E-state index in [-0.39, 0.29) is 11.8 Å². The summed E-state index contributed by atoms with van der Waals surface area (Å²) in [6.07, 6.45) is 1.76. The molecule has 0 aromatic heterocycles. The molecule has 1 unspecified atom stereocenters. The standard InChI is InChI=1S/C16H26N2O/c1-13(2)9-10-18(3)16(19)15(12-17)11-14-7-5-4-6-8-14/h4-8,13,15H,9-12,17H2,1-3H3. The quantitative estimate of drug-likeness (QED) is 0.819. The van der Waals surface area contributed by atoms with Crippen LogP contribution in [0.1, 0.15) is 25.8 Å². The van der Waals surface area contributed by atoms with Crippen molar-refractivity contribution in [2.45, 2.75) is 26.7 Å². The molecule has 3 nitrogen and oxygen atoms in total. The highest BCUT2D eigenvalue weighted by Crippen LogP contribution is 2.11. The lowest BCUT2D eigenvalue weighted by molar-refractivity contribution is -0.134. The molecule has 1 atom stereocenters. The van der Waals surface area contributed by atoms with Crippen molar-refractivity contribution in [3.05, 3.63) is 35.9 Å². The van der Waals surface area contributed by atoms with Gasteiger partial charge < -0.3 is 10.6 Å². The van der Waals surface area contributed by atoms with Gasteiger partial charge in [-0.2, -0.15) is 0 Å². The van der Waals surface area contributed by atoms with E-state index in [9.17, 15) is 4.79 Å². The molecule has 0 fully saturated rings. The van der Waals surface area contributed by atoms with Gasteiger partial charge >= 0.3 is 0 Å². The molecule has 1 aromatic carbocycles. The van der Waals surface area contributed by atoms with E-state index >= 15 is 0 Å². The minimum Gasteiger partial charge on any atom is -0.345 e. The van der Waals surface area contributed by atoms with Gasteiger partial charge in [-0.25, -0.2) is 0 Å². The summed E-state index contributed by atoms with van der Waals surface area (Å²) in [7, 11) is 1.87. The molecule has 1 aromatic rings. The van der Waals surface area contributed by atoms with Crippen LogP contribution in [-0.4, -0.2) is 30.9 Å². The Balaban J connectivity index is 2.56. The Labute approximate surface area is 116 Å². The van der Waals surface area contributed by atoms with Crippen LogP contribution in [0.15, 0.2) is 30.3 Å². The average molecular weight is 262 g/mol. The normalized spacial score (nSPS) is 12.5. The van der Waals surface area contributed by atoms with Gasteiger partial charge in [-0.3, -0.25) is 4.79 Å². The Hall–Kier alpha value is -1.35. The first-order valence-electron chi connectivity index (χ1n) is 7.03. The third kappa shape index (κ3) is 5.43. The monoisotopic (exact) mass is 262 g/mol. The molecule has 0 aliphatic rings. The molecule has 0 heterocycles. The molecule has 106 valence electrons. The van der Waals surface area contributed by atoms with Crippen molar-refractivity contribution in [2.24, 2.45) is 17.6 Å². The molecule has 0 radical (unpaired) electrons. The highest BCUT2D eigenvalue weighted by atomic mass is 16.2. The van der Waals surface area contributed by atoms with Gasteiger partial charge in [0.05, 0.1) is 5.92 Å². The summed E-state index contributed by atoms with van der Waals surface area (Å²) < 4.78 is 0. The molecule has 19 heavy (non-hydrogen) atoms. The maximum absolute atomic E-state index is 12.3. The molecular weight excluding hydrogens is 236 g/mol. The second-order valence-electron chi connectivity index (χ2n) is 5.56. The smallest absolute Gasteiger partial charge is 0.227 e. The summed E-state index contributed by atoms with van der Waals surface area (Å²) in [5, 5.41) is 0. The van der Waals surface area contributed by atoms with E-state index in [0.29, 0.717) is 12.5 Å². The van der Waals surface area contributed by atoms with Crippen molar-refractivity contribution < 1.29 is 4.79 Å². The Bertz CT molecular complexity index is 376. The second-order valence-corrected chi connectivity index (χ2v) is 5.56. The Kier molecular flexibility index (Phi) is 6.57. The summed E-state index contributed by atoms with van der Waals surface area (Å²) in [4.78, 5) is 14.2. The number of hydrogen-bond acceptors (Lipinski definition) is 2. The molecule has 0 saturated carbocycles. The highest BCUT2D eigenvalue weighted by Gasteiger charge is 2.20. The summed E-state index contributed by atoms with van der Waals surface area (Å²) in [6, 6.07) is 10.1. The number of carbonyl (C=O) groups is 1. The second kappa shape index (κ2) is 7.95. The number of amides is 1. The Morgan fingerprint density at radius 1 is 1.26 bits per heavy atom. The lowest BCUT2D eigenvalue weighted by Crippen LogP contribution is -2.38. The lowest BCUT2D eigenvalue weighted by atomic mass is 9.98. The van der Waals surface area contributed by atoms with E-state index in [1.807, 2.05) is 42.3 Å². The molecule has 0 aliphatic heterocycles. The fourth-order valence-corrected chi connectivity index (χ4v) is 2.04. The van der Waals surface area contributed by atoms with Gasteiger partial charge in [0, 0.05) is 20.1 Å². The van der Waals surface area contributed by atoms with Gasteiger partial charge in [-0.1, -0.05) is 44.2 Å². The van der Waals surface area contributed by atoms with Gasteiger partial charge in [0.25, 0.3) is 0 Å². The van der Waals surface area contributed by atoms with E-state index in [1.54, 1.807) is 0 Å². The fraction of sp³-hybridized carbons (Fsp3) is 0.562. The molecule has 0 saturated heterocycles. The zero-order chi connectivity index (χ0) is 14.3. The molecule has 1 amide bonds. The minimum absolute atomic E-state index is 0.112. The van der Waals surface area contributed by atoms with Crippen LogP contribution in [0.5, 0.6) is 0 Å². The van der Waals surface area contributed by atoms with E-state index < -0.39 is 0 Å². The van der Waals surface area contributed by atoms with Gasteiger partial charge in [-0.05, 0) is 24.3 Å².